The number of benzene rings is 2. The van der Waals surface area contributed by atoms with Gasteiger partial charge in [0.15, 0.2) is 0 Å². The maximum absolute atomic E-state index is 12.7. The van der Waals surface area contributed by atoms with Crippen molar-refractivity contribution in [2.24, 2.45) is 0 Å². The zero-order valence-electron chi connectivity index (χ0n) is 12.3. The second-order valence-electron chi connectivity index (χ2n) is 5.12. The van der Waals surface area contributed by atoms with E-state index in [-0.39, 0.29) is 17.7 Å². The highest BCUT2D eigenvalue weighted by molar-refractivity contribution is 14.1. The first-order valence-electron chi connectivity index (χ1n) is 6.73. The number of hydrogen-bond donors (Lipinski definition) is 1. The van der Waals surface area contributed by atoms with Gasteiger partial charge in [0.25, 0.3) is 5.91 Å². The Morgan fingerprint density at radius 1 is 1.19 bits per heavy atom. The Balaban J connectivity index is 2.26. The Morgan fingerprint density at radius 3 is 2.43 bits per heavy atom. The van der Waals surface area contributed by atoms with Gasteiger partial charge in [-0.05, 0) is 65.8 Å². The van der Waals surface area contributed by atoms with Crippen LogP contribution in [0.3, 0.4) is 0 Å². The van der Waals surface area contributed by atoms with E-state index in [9.17, 15) is 9.90 Å². The van der Waals surface area contributed by atoms with Crippen molar-refractivity contribution in [2.75, 3.05) is 7.05 Å². The first-order valence-corrected chi connectivity index (χ1v) is 7.81. The first kappa shape index (κ1) is 15.8. The Bertz CT molecular complexity index is 652. The van der Waals surface area contributed by atoms with Gasteiger partial charge in [0.05, 0.1) is 11.6 Å². The van der Waals surface area contributed by atoms with E-state index in [4.69, 9.17) is 0 Å². The largest absolute Gasteiger partial charge is 0.508 e. The number of aryl methyl sites for hydroxylation is 1. The van der Waals surface area contributed by atoms with E-state index in [0.717, 1.165) is 20.3 Å². The van der Waals surface area contributed by atoms with E-state index in [1.54, 1.807) is 24.1 Å². The van der Waals surface area contributed by atoms with Gasteiger partial charge in [-0.1, -0.05) is 24.3 Å². The minimum atomic E-state index is -0.0607. The molecule has 1 unspecified atom stereocenters. The molecule has 0 saturated carbocycles. The maximum Gasteiger partial charge on any atom is 0.255 e. The molecule has 0 saturated heterocycles. The molecular formula is C17H18INO2. The summed E-state index contributed by atoms with van der Waals surface area (Å²) in [6.45, 7) is 3.98. The second-order valence-corrected chi connectivity index (χ2v) is 6.20. The van der Waals surface area contributed by atoms with Gasteiger partial charge in [-0.15, -0.1) is 0 Å². The van der Waals surface area contributed by atoms with Gasteiger partial charge in [0.2, 0.25) is 0 Å². The molecule has 2 aromatic rings. The highest BCUT2D eigenvalue weighted by Gasteiger charge is 2.21. The molecule has 1 N–H and O–H groups in total. The average molecular weight is 395 g/mol. The summed E-state index contributed by atoms with van der Waals surface area (Å²) in [5.41, 5.74) is 2.82. The van der Waals surface area contributed by atoms with Crippen molar-refractivity contribution in [2.45, 2.75) is 19.9 Å². The third-order valence-electron chi connectivity index (χ3n) is 3.70. The van der Waals surface area contributed by atoms with E-state index >= 15 is 0 Å². The number of carbonyl (C=O) groups is 1. The maximum atomic E-state index is 12.7. The van der Waals surface area contributed by atoms with Crippen LogP contribution in [0.1, 0.15) is 34.5 Å². The SMILES string of the molecule is Cc1cccc(C(=O)N(C)C(C)c2ccc(O)cc2)c1I. The molecule has 1 amide bonds. The molecule has 0 fully saturated rings. The van der Waals surface area contributed by atoms with Crippen LogP contribution in [-0.4, -0.2) is 23.0 Å². The van der Waals surface area contributed by atoms with Crippen LogP contribution in [0.5, 0.6) is 5.75 Å². The Labute approximate surface area is 138 Å². The molecular weight excluding hydrogens is 377 g/mol. The molecule has 2 rings (SSSR count). The lowest BCUT2D eigenvalue weighted by molar-refractivity contribution is 0.0741. The zero-order chi connectivity index (χ0) is 15.6. The fourth-order valence-electron chi connectivity index (χ4n) is 2.15. The third-order valence-corrected chi connectivity index (χ3v) is 5.13. The monoisotopic (exact) mass is 395 g/mol. The van der Waals surface area contributed by atoms with Crippen molar-refractivity contribution < 1.29 is 9.90 Å². The molecule has 3 nitrogen and oxygen atoms in total. The molecule has 21 heavy (non-hydrogen) atoms. The standard InChI is InChI=1S/C17H18INO2/c1-11-5-4-6-15(16(11)18)17(21)19(3)12(2)13-7-9-14(20)10-8-13/h4-10,12,20H,1-3H3. The molecule has 2 aromatic carbocycles. The van der Waals surface area contributed by atoms with Crippen LogP contribution in [0.25, 0.3) is 0 Å². The molecule has 0 radical (unpaired) electrons. The summed E-state index contributed by atoms with van der Waals surface area (Å²) in [7, 11) is 1.80. The average Bonchev–Trinajstić information content (AvgIpc) is 2.48. The fourth-order valence-corrected chi connectivity index (χ4v) is 2.75. The summed E-state index contributed by atoms with van der Waals surface area (Å²) in [4.78, 5) is 14.4. The highest BCUT2D eigenvalue weighted by atomic mass is 127. The fraction of sp³-hybridized carbons (Fsp3) is 0.235. The number of hydrogen-bond acceptors (Lipinski definition) is 2. The quantitative estimate of drug-likeness (QED) is 0.794. The molecule has 0 heterocycles. The van der Waals surface area contributed by atoms with Gasteiger partial charge in [0.1, 0.15) is 5.75 Å². The molecule has 0 spiro atoms. The molecule has 1 atom stereocenters. The lowest BCUT2D eigenvalue weighted by Gasteiger charge is -2.26. The van der Waals surface area contributed by atoms with Crippen LogP contribution in [0.15, 0.2) is 42.5 Å². The number of carbonyl (C=O) groups excluding carboxylic acids is 1. The summed E-state index contributed by atoms with van der Waals surface area (Å²) < 4.78 is 0.991. The topological polar surface area (TPSA) is 40.5 Å². The first-order chi connectivity index (χ1) is 9.91. The number of phenols is 1. The molecule has 4 heteroatoms. The smallest absolute Gasteiger partial charge is 0.255 e. The van der Waals surface area contributed by atoms with Crippen LogP contribution in [0.4, 0.5) is 0 Å². The highest BCUT2D eigenvalue weighted by Crippen LogP contribution is 2.25. The number of phenolic OH excluding ortho intramolecular Hbond substituents is 1. The van der Waals surface area contributed by atoms with Gasteiger partial charge < -0.3 is 10.0 Å². The van der Waals surface area contributed by atoms with Crippen molar-refractivity contribution in [3.05, 3.63) is 62.7 Å². The van der Waals surface area contributed by atoms with Crippen molar-refractivity contribution in [1.82, 2.24) is 4.90 Å². The molecule has 0 aromatic heterocycles. The van der Waals surface area contributed by atoms with Crippen LogP contribution in [-0.2, 0) is 0 Å². The van der Waals surface area contributed by atoms with E-state index in [1.165, 1.54) is 0 Å². The minimum Gasteiger partial charge on any atom is -0.508 e. The van der Waals surface area contributed by atoms with Gasteiger partial charge in [-0.25, -0.2) is 0 Å². The number of rotatable bonds is 3. The van der Waals surface area contributed by atoms with Crippen LogP contribution in [0, 0.1) is 10.5 Å². The molecule has 0 bridgehead atoms. The number of amides is 1. The van der Waals surface area contributed by atoms with Gasteiger partial charge in [0, 0.05) is 10.6 Å². The van der Waals surface area contributed by atoms with Crippen LogP contribution < -0.4 is 0 Å². The summed E-state index contributed by atoms with van der Waals surface area (Å²) in [5.74, 6) is 0.233. The number of aromatic hydroxyl groups is 1. The summed E-state index contributed by atoms with van der Waals surface area (Å²) in [5, 5.41) is 9.35. The van der Waals surface area contributed by atoms with Crippen LogP contribution in [0.2, 0.25) is 0 Å². The van der Waals surface area contributed by atoms with Gasteiger partial charge in [-0.3, -0.25) is 4.79 Å². The third kappa shape index (κ3) is 3.37. The van der Waals surface area contributed by atoms with Crippen LogP contribution >= 0.6 is 22.6 Å². The Hall–Kier alpha value is -1.56. The summed E-state index contributed by atoms with van der Waals surface area (Å²) in [6.07, 6.45) is 0. The van der Waals surface area contributed by atoms with Gasteiger partial charge in [-0.2, -0.15) is 0 Å². The predicted molar refractivity (Wildman–Crippen MR) is 92.5 cm³/mol. The number of nitrogens with zero attached hydrogens (tertiary/aromatic N) is 1. The predicted octanol–water partition coefficient (Wildman–Crippen LogP) is 4.14. The van der Waals surface area contributed by atoms with Crippen molar-refractivity contribution in [1.29, 1.82) is 0 Å². The summed E-state index contributed by atoms with van der Waals surface area (Å²) >= 11 is 2.22. The van der Waals surface area contributed by atoms with E-state index in [2.05, 4.69) is 22.6 Å². The van der Waals surface area contributed by atoms with E-state index in [0.29, 0.717) is 0 Å². The number of halogens is 1. The van der Waals surface area contributed by atoms with Crippen molar-refractivity contribution in [3.63, 3.8) is 0 Å². The zero-order valence-corrected chi connectivity index (χ0v) is 14.5. The lowest BCUT2D eigenvalue weighted by Crippen LogP contribution is -2.30. The Morgan fingerprint density at radius 2 is 1.81 bits per heavy atom. The van der Waals surface area contributed by atoms with E-state index < -0.39 is 0 Å². The van der Waals surface area contributed by atoms with Crippen molar-refractivity contribution in [3.8, 4) is 5.75 Å². The summed E-state index contributed by atoms with van der Waals surface area (Å²) in [6, 6.07) is 12.7. The Kier molecular flexibility index (Phi) is 4.88. The van der Waals surface area contributed by atoms with E-state index in [1.807, 2.05) is 44.2 Å². The normalized spacial score (nSPS) is 12.0. The molecule has 0 aliphatic carbocycles. The molecule has 110 valence electrons. The van der Waals surface area contributed by atoms with Crippen molar-refractivity contribution >= 4 is 28.5 Å². The lowest BCUT2D eigenvalue weighted by atomic mass is 10.1. The molecule has 0 aliphatic rings. The molecule has 0 aliphatic heterocycles. The van der Waals surface area contributed by atoms with Gasteiger partial charge >= 0.3 is 0 Å². The second kappa shape index (κ2) is 6.47. The minimum absolute atomic E-state index is 0.00340.